The van der Waals surface area contributed by atoms with Crippen molar-refractivity contribution in [2.45, 2.75) is 12.1 Å². The average Bonchev–Trinajstić information content (AvgIpc) is 3.43. The molecule has 2 aromatic heterocycles. The molecule has 0 fully saturated rings. The van der Waals surface area contributed by atoms with E-state index < -0.39 is 4.92 Å². The number of benzene rings is 2. The fourth-order valence-electron chi connectivity index (χ4n) is 2.98. The highest BCUT2D eigenvalue weighted by molar-refractivity contribution is 7.99. The zero-order valence-corrected chi connectivity index (χ0v) is 17.8. The van der Waals surface area contributed by atoms with Crippen LogP contribution in [0.5, 0.6) is 0 Å². The van der Waals surface area contributed by atoms with Crippen molar-refractivity contribution in [1.29, 1.82) is 0 Å². The number of aryl methyl sites for hydroxylation is 1. The number of hydrogen-bond acceptors (Lipinski definition) is 7. The first-order chi connectivity index (χ1) is 14.9. The molecule has 156 valence electrons. The normalized spacial score (nSPS) is 10.9. The molecule has 4 rings (SSSR count). The molecule has 0 unspecified atom stereocenters. The molecule has 0 aliphatic heterocycles. The number of halogens is 1. The van der Waals surface area contributed by atoms with Crippen molar-refractivity contribution in [3.05, 3.63) is 87.1 Å². The second-order valence-corrected chi connectivity index (χ2v) is 7.95. The second kappa shape index (κ2) is 8.75. The maximum absolute atomic E-state index is 12.7. The summed E-state index contributed by atoms with van der Waals surface area (Å²) in [7, 11) is 0. The Hall–Kier alpha value is -3.43. The fourth-order valence-corrected chi connectivity index (χ4v) is 3.98. The van der Waals surface area contributed by atoms with Crippen LogP contribution in [0.1, 0.15) is 15.9 Å². The Labute approximate surface area is 186 Å². The van der Waals surface area contributed by atoms with Crippen LogP contribution in [0.4, 0.5) is 5.69 Å². The first kappa shape index (κ1) is 20.8. The molecule has 8 nitrogen and oxygen atoms in total. The minimum absolute atomic E-state index is 0.0249. The van der Waals surface area contributed by atoms with Gasteiger partial charge in [0.2, 0.25) is 5.82 Å². The number of nitrogens with zero attached hydrogens (tertiary/aromatic N) is 4. The number of carbonyl (C=O) groups excluding carboxylic acids is 1. The summed E-state index contributed by atoms with van der Waals surface area (Å²) >= 11 is 7.39. The van der Waals surface area contributed by atoms with E-state index >= 15 is 0 Å². The van der Waals surface area contributed by atoms with Crippen LogP contribution >= 0.6 is 23.4 Å². The monoisotopic (exact) mass is 454 g/mol. The summed E-state index contributed by atoms with van der Waals surface area (Å²) in [6.07, 6.45) is 1.54. The van der Waals surface area contributed by atoms with Crippen LogP contribution in [0.15, 0.2) is 70.4 Å². The highest BCUT2D eigenvalue weighted by Gasteiger charge is 2.21. The van der Waals surface area contributed by atoms with Crippen molar-refractivity contribution < 1.29 is 14.1 Å². The van der Waals surface area contributed by atoms with E-state index in [1.165, 1.54) is 36.2 Å². The Morgan fingerprint density at radius 1 is 1.19 bits per heavy atom. The van der Waals surface area contributed by atoms with E-state index in [4.69, 9.17) is 16.0 Å². The number of nitro benzene ring substituents is 1. The molecule has 4 aromatic rings. The third-order valence-corrected chi connectivity index (χ3v) is 5.66. The van der Waals surface area contributed by atoms with Gasteiger partial charge in [-0.1, -0.05) is 41.6 Å². The van der Waals surface area contributed by atoms with Gasteiger partial charge in [-0.3, -0.25) is 19.5 Å². The Bertz CT molecular complexity index is 1270. The summed E-state index contributed by atoms with van der Waals surface area (Å²) in [6.45, 7) is 1.93. The molecule has 0 spiro atoms. The van der Waals surface area contributed by atoms with Gasteiger partial charge in [-0.2, -0.15) is 0 Å². The zero-order valence-electron chi connectivity index (χ0n) is 16.2. The van der Waals surface area contributed by atoms with Crippen LogP contribution < -0.4 is 0 Å². The number of Topliss-reactive ketones (excluding diaryl/α,β-unsaturated/α-hetero) is 1. The largest absolute Gasteiger partial charge is 0.461 e. The number of furan rings is 1. The fraction of sp³-hybridized carbons (Fsp3) is 0.0952. The molecule has 0 aliphatic rings. The molecule has 0 saturated carbocycles. The number of nitro groups is 1. The number of non-ortho nitro benzene ring substituents is 1. The van der Waals surface area contributed by atoms with Gasteiger partial charge >= 0.3 is 0 Å². The molecule has 10 heteroatoms. The van der Waals surface area contributed by atoms with Gasteiger partial charge in [0.15, 0.2) is 16.7 Å². The summed E-state index contributed by atoms with van der Waals surface area (Å²) in [6, 6.07) is 14.6. The minimum Gasteiger partial charge on any atom is -0.461 e. The molecule has 0 atom stereocenters. The Balaban J connectivity index is 1.68. The Kier molecular flexibility index (Phi) is 5.88. The summed E-state index contributed by atoms with van der Waals surface area (Å²) in [4.78, 5) is 23.1. The summed E-state index contributed by atoms with van der Waals surface area (Å²) in [5, 5.41) is 20.5. The minimum atomic E-state index is -0.530. The second-order valence-electron chi connectivity index (χ2n) is 6.57. The molecular weight excluding hydrogens is 440 g/mol. The van der Waals surface area contributed by atoms with Crippen LogP contribution in [0.25, 0.3) is 17.3 Å². The van der Waals surface area contributed by atoms with Crippen molar-refractivity contribution >= 4 is 34.8 Å². The van der Waals surface area contributed by atoms with Crippen LogP contribution in [-0.4, -0.2) is 31.2 Å². The number of ketones is 1. The Morgan fingerprint density at radius 2 is 2.03 bits per heavy atom. The number of aromatic nitrogens is 3. The van der Waals surface area contributed by atoms with Crippen LogP contribution in [0.3, 0.4) is 0 Å². The zero-order chi connectivity index (χ0) is 22.0. The van der Waals surface area contributed by atoms with E-state index in [0.29, 0.717) is 21.8 Å². The standard InChI is InChI=1S/C21H15ClN4O4S/c1-13-7-8-15(22)11-17(13)25-20(19-6-3-9-30-19)23-24-21(25)31-12-18(27)14-4-2-5-16(10-14)26(28)29/h2-11H,12H2,1H3. The number of hydrogen-bond donors (Lipinski definition) is 0. The molecule has 2 heterocycles. The molecule has 0 bridgehead atoms. The summed E-state index contributed by atoms with van der Waals surface area (Å²) < 4.78 is 7.28. The van der Waals surface area contributed by atoms with Crippen molar-refractivity contribution in [3.63, 3.8) is 0 Å². The third kappa shape index (κ3) is 4.37. The molecule has 0 radical (unpaired) electrons. The van der Waals surface area contributed by atoms with E-state index in [9.17, 15) is 14.9 Å². The average molecular weight is 455 g/mol. The molecular formula is C21H15ClN4O4S. The first-order valence-electron chi connectivity index (χ1n) is 9.10. The van der Waals surface area contributed by atoms with Gasteiger partial charge < -0.3 is 4.42 Å². The lowest BCUT2D eigenvalue weighted by atomic mass is 10.1. The highest BCUT2D eigenvalue weighted by atomic mass is 35.5. The number of carbonyl (C=O) groups is 1. The highest BCUT2D eigenvalue weighted by Crippen LogP contribution is 2.31. The predicted octanol–water partition coefficient (Wildman–Crippen LogP) is 5.37. The molecule has 0 amide bonds. The van der Waals surface area contributed by atoms with Crippen LogP contribution in [0.2, 0.25) is 5.02 Å². The molecule has 0 N–H and O–H groups in total. The smallest absolute Gasteiger partial charge is 0.270 e. The van der Waals surface area contributed by atoms with Crippen LogP contribution in [-0.2, 0) is 0 Å². The third-order valence-electron chi connectivity index (χ3n) is 4.50. The maximum atomic E-state index is 12.7. The summed E-state index contributed by atoms with van der Waals surface area (Å²) in [5.74, 6) is 0.756. The van der Waals surface area contributed by atoms with Gasteiger partial charge in [0.1, 0.15) is 0 Å². The molecule has 31 heavy (non-hydrogen) atoms. The van der Waals surface area contributed by atoms with E-state index in [2.05, 4.69) is 10.2 Å². The van der Waals surface area contributed by atoms with Crippen molar-refractivity contribution in [1.82, 2.24) is 14.8 Å². The van der Waals surface area contributed by atoms with Crippen molar-refractivity contribution in [3.8, 4) is 17.3 Å². The number of rotatable bonds is 7. The van der Waals surface area contributed by atoms with E-state index in [0.717, 1.165) is 11.3 Å². The Morgan fingerprint density at radius 3 is 2.77 bits per heavy atom. The lowest BCUT2D eigenvalue weighted by molar-refractivity contribution is -0.384. The van der Waals surface area contributed by atoms with Gasteiger partial charge in [-0.15, -0.1) is 10.2 Å². The van der Waals surface area contributed by atoms with Gasteiger partial charge in [-0.05, 0) is 36.8 Å². The lowest BCUT2D eigenvalue weighted by Crippen LogP contribution is -2.06. The van der Waals surface area contributed by atoms with Crippen molar-refractivity contribution in [2.75, 3.05) is 5.75 Å². The van der Waals surface area contributed by atoms with E-state index in [-0.39, 0.29) is 22.8 Å². The first-order valence-corrected chi connectivity index (χ1v) is 10.5. The molecule has 2 aromatic carbocycles. The quantitative estimate of drug-likeness (QED) is 0.160. The number of thioether (sulfide) groups is 1. The van der Waals surface area contributed by atoms with E-state index in [1.54, 1.807) is 34.9 Å². The predicted molar refractivity (Wildman–Crippen MR) is 117 cm³/mol. The van der Waals surface area contributed by atoms with E-state index in [1.807, 2.05) is 13.0 Å². The SMILES string of the molecule is Cc1ccc(Cl)cc1-n1c(SCC(=O)c2cccc([N+](=O)[O-])c2)nnc1-c1ccco1. The lowest BCUT2D eigenvalue weighted by Gasteiger charge is -2.12. The van der Waals surface area contributed by atoms with Gasteiger partial charge in [0, 0.05) is 22.7 Å². The van der Waals surface area contributed by atoms with Gasteiger partial charge in [0.05, 0.1) is 22.6 Å². The maximum Gasteiger partial charge on any atom is 0.270 e. The van der Waals surface area contributed by atoms with Crippen molar-refractivity contribution in [2.24, 2.45) is 0 Å². The van der Waals surface area contributed by atoms with Gasteiger partial charge in [-0.25, -0.2) is 0 Å². The van der Waals surface area contributed by atoms with Gasteiger partial charge in [0.25, 0.3) is 5.69 Å². The topological polar surface area (TPSA) is 104 Å². The summed E-state index contributed by atoms with van der Waals surface area (Å²) in [5.41, 5.74) is 1.82. The molecule has 0 aliphatic carbocycles. The van der Waals surface area contributed by atoms with Crippen LogP contribution in [0, 0.1) is 17.0 Å². The molecule has 0 saturated heterocycles.